The summed E-state index contributed by atoms with van der Waals surface area (Å²) in [7, 11) is 0. The summed E-state index contributed by atoms with van der Waals surface area (Å²) in [5, 5.41) is 13.8. The topological polar surface area (TPSA) is 32.3 Å². The van der Waals surface area contributed by atoms with E-state index in [9.17, 15) is 5.11 Å². The first-order valence-corrected chi connectivity index (χ1v) is 8.70. The number of nitrogens with one attached hydrogen (secondary N) is 1. The lowest BCUT2D eigenvalue weighted by molar-refractivity contribution is 0.00503. The van der Waals surface area contributed by atoms with Crippen LogP contribution in [0.5, 0.6) is 0 Å². The van der Waals surface area contributed by atoms with Gasteiger partial charge in [0, 0.05) is 6.54 Å². The molecule has 0 aliphatic heterocycles. The van der Waals surface area contributed by atoms with Gasteiger partial charge in [-0.05, 0) is 25.8 Å². The molecule has 0 aromatic rings. The standard InChI is InChI=1S/C17H35NO/c1-2-3-4-5-6-7-8-12-15-18-16-17(19)13-10-9-11-14-17/h18-19H,2-16H2,1H3. The molecule has 1 fully saturated rings. The maximum Gasteiger partial charge on any atom is 0.0771 e. The Bertz CT molecular complexity index is 199. The summed E-state index contributed by atoms with van der Waals surface area (Å²) in [5.41, 5.74) is -0.390. The largest absolute Gasteiger partial charge is 0.389 e. The van der Waals surface area contributed by atoms with Gasteiger partial charge in [-0.25, -0.2) is 0 Å². The molecule has 0 radical (unpaired) electrons. The highest BCUT2D eigenvalue weighted by Gasteiger charge is 2.28. The third kappa shape index (κ3) is 8.65. The van der Waals surface area contributed by atoms with Gasteiger partial charge in [0.25, 0.3) is 0 Å². The molecule has 19 heavy (non-hydrogen) atoms. The smallest absolute Gasteiger partial charge is 0.0771 e. The Morgan fingerprint density at radius 2 is 1.42 bits per heavy atom. The maximum atomic E-state index is 10.3. The van der Waals surface area contributed by atoms with E-state index in [0.29, 0.717) is 0 Å². The van der Waals surface area contributed by atoms with Crippen LogP contribution >= 0.6 is 0 Å². The van der Waals surface area contributed by atoms with Crippen LogP contribution in [0.4, 0.5) is 0 Å². The lowest BCUT2D eigenvalue weighted by Crippen LogP contribution is -2.42. The summed E-state index contributed by atoms with van der Waals surface area (Å²) < 4.78 is 0. The lowest BCUT2D eigenvalue weighted by atomic mass is 9.85. The Kier molecular flexibility index (Phi) is 9.54. The molecular weight excluding hydrogens is 234 g/mol. The summed E-state index contributed by atoms with van der Waals surface area (Å²) in [5.74, 6) is 0. The van der Waals surface area contributed by atoms with Crippen LogP contribution in [0.1, 0.15) is 90.4 Å². The molecule has 0 spiro atoms. The van der Waals surface area contributed by atoms with E-state index in [2.05, 4.69) is 12.2 Å². The van der Waals surface area contributed by atoms with Crippen LogP contribution in [-0.2, 0) is 0 Å². The van der Waals surface area contributed by atoms with Crippen molar-refractivity contribution in [3.63, 3.8) is 0 Å². The highest BCUT2D eigenvalue weighted by molar-refractivity contribution is 4.84. The SMILES string of the molecule is CCCCCCCCCCNCC1(O)CCCCC1. The maximum absolute atomic E-state index is 10.3. The molecule has 2 N–H and O–H groups in total. The fourth-order valence-corrected chi connectivity index (χ4v) is 3.09. The molecule has 0 atom stereocenters. The lowest BCUT2D eigenvalue weighted by Gasteiger charge is -2.32. The Balaban J connectivity index is 1.83. The van der Waals surface area contributed by atoms with Crippen LogP contribution in [0.2, 0.25) is 0 Å². The van der Waals surface area contributed by atoms with Gasteiger partial charge in [-0.2, -0.15) is 0 Å². The molecule has 114 valence electrons. The van der Waals surface area contributed by atoms with Gasteiger partial charge in [-0.15, -0.1) is 0 Å². The fraction of sp³-hybridized carbons (Fsp3) is 1.00. The minimum absolute atomic E-state index is 0.390. The predicted octanol–water partition coefficient (Wildman–Crippen LogP) is 4.41. The minimum atomic E-state index is -0.390. The van der Waals surface area contributed by atoms with E-state index in [0.717, 1.165) is 25.9 Å². The third-order valence-corrected chi connectivity index (χ3v) is 4.45. The highest BCUT2D eigenvalue weighted by atomic mass is 16.3. The first-order chi connectivity index (χ1) is 9.27. The fourth-order valence-electron chi connectivity index (χ4n) is 3.09. The minimum Gasteiger partial charge on any atom is -0.389 e. The van der Waals surface area contributed by atoms with E-state index >= 15 is 0 Å². The van der Waals surface area contributed by atoms with Crippen molar-refractivity contribution in [3.8, 4) is 0 Å². The monoisotopic (exact) mass is 269 g/mol. The number of hydrogen-bond donors (Lipinski definition) is 2. The van der Waals surface area contributed by atoms with Gasteiger partial charge < -0.3 is 10.4 Å². The van der Waals surface area contributed by atoms with Crippen molar-refractivity contribution in [2.45, 2.75) is 96.0 Å². The number of aliphatic hydroxyl groups is 1. The van der Waals surface area contributed by atoms with Gasteiger partial charge in [0.1, 0.15) is 0 Å². The van der Waals surface area contributed by atoms with E-state index in [-0.39, 0.29) is 0 Å². The van der Waals surface area contributed by atoms with Crippen LogP contribution < -0.4 is 5.32 Å². The first-order valence-electron chi connectivity index (χ1n) is 8.70. The van der Waals surface area contributed by atoms with Crippen LogP contribution in [0.25, 0.3) is 0 Å². The van der Waals surface area contributed by atoms with Crippen LogP contribution in [0.15, 0.2) is 0 Å². The van der Waals surface area contributed by atoms with Crippen molar-refractivity contribution in [1.29, 1.82) is 0 Å². The quantitative estimate of drug-likeness (QED) is 0.544. The van der Waals surface area contributed by atoms with Gasteiger partial charge in [-0.1, -0.05) is 71.1 Å². The number of rotatable bonds is 11. The van der Waals surface area contributed by atoms with E-state index < -0.39 is 5.60 Å². The van der Waals surface area contributed by atoms with Crippen LogP contribution in [0, 0.1) is 0 Å². The number of hydrogen-bond acceptors (Lipinski definition) is 2. The van der Waals surface area contributed by atoms with Gasteiger partial charge in [0.2, 0.25) is 0 Å². The van der Waals surface area contributed by atoms with E-state index in [4.69, 9.17) is 0 Å². The molecule has 1 rings (SSSR count). The van der Waals surface area contributed by atoms with E-state index in [1.807, 2.05) is 0 Å². The van der Waals surface area contributed by atoms with Gasteiger partial charge in [-0.3, -0.25) is 0 Å². The van der Waals surface area contributed by atoms with Gasteiger partial charge >= 0.3 is 0 Å². The van der Waals surface area contributed by atoms with Crippen molar-refractivity contribution >= 4 is 0 Å². The third-order valence-electron chi connectivity index (χ3n) is 4.45. The van der Waals surface area contributed by atoms with Crippen molar-refractivity contribution in [2.24, 2.45) is 0 Å². The molecular formula is C17H35NO. The highest BCUT2D eigenvalue weighted by Crippen LogP contribution is 2.27. The molecule has 1 aliphatic rings. The van der Waals surface area contributed by atoms with Gasteiger partial charge in [0.05, 0.1) is 5.60 Å². The molecule has 0 bridgehead atoms. The molecule has 0 aromatic heterocycles. The average molecular weight is 269 g/mol. The molecule has 1 saturated carbocycles. The molecule has 0 aromatic carbocycles. The second kappa shape index (κ2) is 10.7. The normalized spacial score (nSPS) is 18.6. The summed E-state index contributed by atoms with van der Waals surface area (Å²) in [6.45, 7) is 4.16. The molecule has 0 amide bonds. The molecule has 0 saturated heterocycles. The summed E-state index contributed by atoms with van der Waals surface area (Å²) in [6.07, 6.45) is 16.7. The van der Waals surface area contributed by atoms with Crippen LogP contribution in [-0.4, -0.2) is 23.8 Å². The Hall–Kier alpha value is -0.0800. The molecule has 2 nitrogen and oxygen atoms in total. The van der Waals surface area contributed by atoms with E-state index in [1.54, 1.807) is 0 Å². The predicted molar refractivity (Wildman–Crippen MR) is 83.5 cm³/mol. The first kappa shape index (κ1) is 17.0. The second-order valence-electron chi connectivity index (χ2n) is 6.44. The summed E-state index contributed by atoms with van der Waals surface area (Å²) in [4.78, 5) is 0. The molecule has 0 heterocycles. The zero-order valence-corrected chi connectivity index (χ0v) is 13.1. The van der Waals surface area contributed by atoms with Crippen molar-refractivity contribution in [1.82, 2.24) is 5.32 Å². The van der Waals surface area contributed by atoms with Gasteiger partial charge in [0.15, 0.2) is 0 Å². The summed E-state index contributed by atoms with van der Waals surface area (Å²) >= 11 is 0. The Morgan fingerprint density at radius 1 is 0.842 bits per heavy atom. The molecule has 1 aliphatic carbocycles. The zero-order chi connectivity index (χ0) is 13.8. The Labute approximate surface area is 120 Å². The van der Waals surface area contributed by atoms with Crippen molar-refractivity contribution < 1.29 is 5.11 Å². The summed E-state index contributed by atoms with van der Waals surface area (Å²) in [6, 6.07) is 0. The van der Waals surface area contributed by atoms with E-state index in [1.165, 1.54) is 70.6 Å². The average Bonchev–Trinajstić information content (AvgIpc) is 2.42. The number of unbranched alkanes of at least 4 members (excludes halogenated alkanes) is 7. The molecule has 0 unspecified atom stereocenters. The van der Waals surface area contributed by atoms with Crippen LogP contribution in [0.3, 0.4) is 0 Å². The van der Waals surface area contributed by atoms with Crippen molar-refractivity contribution in [3.05, 3.63) is 0 Å². The zero-order valence-electron chi connectivity index (χ0n) is 13.1. The second-order valence-corrected chi connectivity index (χ2v) is 6.44. The van der Waals surface area contributed by atoms with Crippen molar-refractivity contribution in [2.75, 3.05) is 13.1 Å². The molecule has 2 heteroatoms. The Morgan fingerprint density at radius 3 is 2.05 bits per heavy atom.